The number of hydrogen-bond donors (Lipinski definition) is 1. The fourth-order valence-electron chi connectivity index (χ4n) is 4.72. The van der Waals surface area contributed by atoms with Crippen molar-refractivity contribution in [3.63, 3.8) is 0 Å². The molecule has 0 saturated carbocycles. The van der Waals surface area contributed by atoms with Gasteiger partial charge in [-0.15, -0.1) is 0 Å². The van der Waals surface area contributed by atoms with Crippen LogP contribution >= 0.6 is 11.6 Å². The van der Waals surface area contributed by atoms with E-state index in [0.29, 0.717) is 12.1 Å². The Morgan fingerprint density at radius 1 is 1.13 bits per heavy atom. The van der Waals surface area contributed by atoms with Crippen molar-refractivity contribution < 1.29 is 9.90 Å². The normalized spacial score (nSPS) is 19.4. The molecular weight excluding hydrogens is 414 g/mol. The Labute approximate surface area is 186 Å². The number of likely N-dealkylation sites (tertiary alicyclic amines) is 1. The van der Waals surface area contributed by atoms with E-state index in [0.717, 1.165) is 55.1 Å². The first-order valence-corrected chi connectivity index (χ1v) is 11.3. The third-order valence-corrected chi connectivity index (χ3v) is 6.65. The maximum atomic E-state index is 13.3. The Morgan fingerprint density at radius 2 is 1.90 bits per heavy atom. The zero-order valence-corrected chi connectivity index (χ0v) is 18.3. The first-order valence-electron chi connectivity index (χ1n) is 10.9. The third-order valence-electron chi connectivity index (χ3n) is 6.33. The number of piperidine rings is 1. The number of aromatic nitrogens is 3. The Hall–Kier alpha value is -2.80. The van der Waals surface area contributed by atoms with Crippen LogP contribution in [0.3, 0.4) is 0 Å². The predicted octanol–water partition coefficient (Wildman–Crippen LogP) is 4.36. The summed E-state index contributed by atoms with van der Waals surface area (Å²) in [6, 6.07) is 6.55. The maximum absolute atomic E-state index is 13.3. The van der Waals surface area contributed by atoms with Crippen LogP contribution in [-0.2, 0) is 0 Å². The van der Waals surface area contributed by atoms with Gasteiger partial charge in [-0.2, -0.15) is 5.10 Å². The Bertz CT molecular complexity index is 1140. The number of halogens is 1. The van der Waals surface area contributed by atoms with Gasteiger partial charge in [0, 0.05) is 43.0 Å². The minimum absolute atomic E-state index is 0.0806. The molecular formula is C23H26ClN5O2. The van der Waals surface area contributed by atoms with Gasteiger partial charge in [0.05, 0.1) is 16.8 Å². The van der Waals surface area contributed by atoms with Crippen LogP contribution in [0.15, 0.2) is 30.5 Å². The number of phenols is 1. The van der Waals surface area contributed by atoms with Crippen LogP contribution in [0.2, 0.25) is 5.02 Å². The lowest BCUT2D eigenvalue weighted by Gasteiger charge is -2.34. The fraction of sp³-hybridized carbons (Fsp3) is 0.435. The number of aryl methyl sites for hydroxylation is 1. The van der Waals surface area contributed by atoms with Crippen LogP contribution in [0.1, 0.15) is 59.8 Å². The van der Waals surface area contributed by atoms with Crippen LogP contribution in [0.25, 0.3) is 5.65 Å². The molecule has 0 radical (unpaired) electrons. The van der Waals surface area contributed by atoms with Crippen LogP contribution in [0, 0.1) is 6.92 Å². The van der Waals surface area contributed by atoms with E-state index >= 15 is 0 Å². The van der Waals surface area contributed by atoms with Gasteiger partial charge in [-0.3, -0.25) is 4.79 Å². The number of carbonyl (C=O) groups excluding carboxylic acids is 1. The highest BCUT2D eigenvalue weighted by Gasteiger charge is 2.31. The van der Waals surface area contributed by atoms with E-state index in [1.165, 1.54) is 18.9 Å². The Kier molecular flexibility index (Phi) is 5.22. The molecule has 1 amide bonds. The molecule has 7 nitrogen and oxygen atoms in total. The first-order chi connectivity index (χ1) is 15.0. The second-order valence-electron chi connectivity index (χ2n) is 8.49. The molecule has 8 heteroatoms. The average molecular weight is 440 g/mol. The van der Waals surface area contributed by atoms with Gasteiger partial charge in [0.25, 0.3) is 5.91 Å². The lowest BCUT2D eigenvalue weighted by molar-refractivity contribution is 0.0605. The number of anilines is 1. The number of hydrogen-bond acceptors (Lipinski definition) is 5. The van der Waals surface area contributed by atoms with Gasteiger partial charge in [0.1, 0.15) is 11.6 Å². The highest BCUT2D eigenvalue weighted by Crippen LogP contribution is 2.34. The Morgan fingerprint density at radius 3 is 2.68 bits per heavy atom. The largest absolute Gasteiger partial charge is 0.506 e. The lowest BCUT2D eigenvalue weighted by Crippen LogP contribution is -2.38. The van der Waals surface area contributed by atoms with E-state index in [1.807, 2.05) is 21.7 Å². The molecule has 5 rings (SSSR count). The highest BCUT2D eigenvalue weighted by atomic mass is 35.5. The van der Waals surface area contributed by atoms with Crippen LogP contribution in [0.5, 0.6) is 5.75 Å². The van der Waals surface area contributed by atoms with E-state index < -0.39 is 0 Å². The van der Waals surface area contributed by atoms with Gasteiger partial charge in [0.15, 0.2) is 5.65 Å². The van der Waals surface area contributed by atoms with Crippen molar-refractivity contribution in [2.24, 2.45) is 0 Å². The van der Waals surface area contributed by atoms with Crippen LogP contribution < -0.4 is 4.90 Å². The molecule has 0 aliphatic carbocycles. The van der Waals surface area contributed by atoms with Gasteiger partial charge >= 0.3 is 0 Å². The van der Waals surface area contributed by atoms with Crippen molar-refractivity contribution in [2.45, 2.75) is 45.1 Å². The first kappa shape index (κ1) is 20.1. The number of fused-ring (bicyclic) bond motifs is 1. The maximum Gasteiger partial charge on any atom is 0.254 e. The van der Waals surface area contributed by atoms with E-state index in [-0.39, 0.29) is 22.7 Å². The third kappa shape index (κ3) is 3.71. The molecule has 4 heterocycles. The number of aromatic hydroxyl groups is 1. The standard InChI is InChI=1S/C23H26ClN5O2/c1-15-14-29-21(25-22(15)27-9-4-5-10-27)13-18(26-29)19-6-2-3-11-28(19)23(31)16-7-8-17(24)20(30)12-16/h7-8,12-14,19,30H,2-6,9-11H2,1H3/t19-/m0/s1. The number of rotatable bonds is 3. The molecule has 2 aromatic heterocycles. The van der Waals surface area contributed by atoms with Gasteiger partial charge in [-0.05, 0) is 57.2 Å². The average Bonchev–Trinajstić information content (AvgIpc) is 3.44. The summed E-state index contributed by atoms with van der Waals surface area (Å²) in [5.41, 5.74) is 3.21. The monoisotopic (exact) mass is 439 g/mol. The van der Waals surface area contributed by atoms with Crippen molar-refractivity contribution >= 4 is 29.0 Å². The molecule has 3 aromatic rings. The highest BCUT2D eigenvalue weighted by molar-refractivity contribution is 6.32. The number of phenolic OH excluding ortho intramolecular Hbond substituents is 1. The molecule has 2 fully saturated rings. The summed E-state index contributed by atoms with van der Waals surface area (Å²) in [6.45, 7) is 4.82. The molecule has 2 saturated heterocycles. The van der Waals surface area contributed by atoms with Crippen LogP contribution in [-0.4, -0.2) is 50.1 Å². The molecule has 31 heavy (non-hydrogen) atoms. The number of amides is 1. The molecule has 1 atom stereocenters. The molecule has 0 bridgehead atoms. The SMILES string of the molecule is Cc1cn2nc([C@@H]3CCCCN3C(=O)c3ccc(Cl)c(O)c3)cc2nc1N1CCCC1. The van der Waals surface area contributed by atoms with E-state index in [2.05, 4.69) is 11.8 Å². The summed E-state index contributed by atoms with van der Waals surface area (Å²) in [4.78, 5) is 22.4. The van der Waals surface area contributed by atoms with Gasteiger partial charge in [-0.25, -0.2) is 9.50 Å². The van der Waals surface area contributed by atoms with Gasteiger partial charge < -0.3 is 14.9 Å². The van der Waals surface area contributed by atoms with Crippen molar-refractivity contribution in [3.8, 4) is 5.75 Å². The quantitative estimate of drug-likeness (QED) is 0.656. The molecule has 1 aromatic carbocycles. The second kappa shape index (κ2) is 8.04. The van der Waals surface area contributed by atoms with Crippen molar-refractivity contribution in [1.82, 2.24) is 19.5 Å². The topological polar surface area (TPSA) is 74.0 Å². The summed E-state index contributed by atoms with van der Waals surface area (Å²) in [6.07, 6.45) is 7.29. The molecule has 0 unspecified atom stereocenters. The summed E-state index contributed by atoms with van der Waals surface area (Å²) in [7, 11) is 0. The van der Waals surface area contributed by atoms with E-state index in [9.17, 15) is 9.90 Å². The minimum atomic E-state index is -0.115. The molecule has 2 aliphatic rings. The van der Waals surface area contributed by atoms with Crippen molar-refractivity contribution in [2.75, 3.05) is 24.5 Å². The number of carbonyl (C=O) groups is 1. The zero-order valence-electron chi connectivity index (χ0n) is 17.6. The van der Waals surface area contributed by atoms with Crippen molar-refractivity contribution in [1.29, 1.82) is 0 Å². The van der Waals surface area contributed by atoms with Gasteiger partial charge in [0.2, 0.25) is 0 Å². The van der Waals surface area contributed by atoms with E-state index in [4.69, 9.17) is 21.7 Å². The molecule has 1 N–H and O–H groups in total. The van der Waals surface area contributed by atoms with Crippen molar-refractivity contribution in [3.05, 3.63) is 52.3 Å². The lowest BCUT2D eigenvalue weighted by atomic mass is 9.98. The van der Waals surface area contributed by atoms with Gasteiger partial charge in [-0.1, -0.05) is 11.6 Å². The van der Waals surface area contributed by atoms with Crippen LogP contribution in [0.4, 0.5) is 5.82 Å². The molecule has 2 aliphatic heterocycles. The zero-order chi connectivity index (χ0) is 21.5. The Balaban J connectivity index is 1.48. The summed E-state index contributed by atoms with van der Waals surface area (Å²) in [5.74, 6) is 0.836. The number of benzene rings is 1. The summed E-state index contributed by atoms with van der Waals surface area (Å²) >= 11 is 5.92. The second-order valence-corrected chi connectivity index (χ2v) is 8.90. The molecule has 162 valence electrons. The summed E-state index contributed by atoms with van der Waals surface area (Å²) < 4.78 is 1.83. The number of nitrogens with zero attached hydrogens (tertiary/aromatic N) is 5. The van der Waals surface area contributed by atoms with E-state index in [1.54, 1.807) is 12.1 Å². The fourth-order valence-corrected chi connectivity index (χ4v) is 4.84. The molecule has 0 spiro atoms. The smallest absolute Gasteiger partial charge is 0.254 e. The minimum Gasteiger partial charge on any atom is -0.506 e. The summed E-state index contributed by atoms with van der Waals surface area (Å²) in [5, 5.41) is 15.0. The predicted molar refractivity (Wildman–Crippen MR) is 120 cm³/mol.